The van der Waals surface area contributed by atoms with Crippen LogP contribution in [0.25, 0.3) is 22.3 Å². The Labute approximate surface area is 98.5 Å². The van der Waals surface area contributed by atoms with E-state index in [9.17, 15) is 0 Å². The molecule has 4 nitrogen and oxygen atoms in total. The zero-order valence-corrected chi connectivity index (χ0v) is 9.44. The summed E-state index contributed by atoms with van der Waals surface area (Å²) in [4.78, 5) is 11.8. The number of aryl methyl sites for hydroxylation is 1. The van der Waals surface area contributed by atoms with E-state index < -0.39 is 0 Å². The van der Waals surface area contributed by atoms with Crippen LogP contribution in [0.5, 0.6) is 0 Å². The van der Waals surface area contributed by atoms with Crippen molar-refractivity contribution in [3.63, 3.8) is 0 Å². The molecule has 0 atom stereocenters. The van der Waals surface area contributed by atoms with Crippen LogP contribution < -0.4 is 5.73 Å². The van der Waals surface area contributed by atoms with Crippen LogP contribution >= 0.6 is 0 Å². The van der Waals surface area contributed by atoms with Gasteiger partial charge < -0.3 is 10.7 Å². The van der Waals surface area contributed by atoms with Crippen molar-refractivity contribution in [2.75, 3.05) is 5.73 Å². The molecule has 84 valence electrons. The lowest BCUT2D eigenvalue weighted by Crippen LogP contribution is -1.97. The highest BCUT2D eigenvalue weighted by molar-refractivity contribution is 5.85. The molecule has 0 saturated carbocycles. The average Bonchev–Trinajstić information content (AvgIpc) is 2.71. The van der Waals surface area contributed by atoms with Crippen LogP contribution in [0.2, 0.25) is 0 Å². The second-order valence-electron chi connectivity index (χ2n) is 4.00. The van der Waals surface area contributed by atoms with Gasteiger partial charge in [0, 0.05) is 17.0 Å². The number of rotatable bonds is 1. The van der Waals surface area contributed by atoms with Gasteiger partial charge in [-0.05, 0) is 19.1 Å². The molecule has 17 heavy (non-hydrogen) atoms. The predicted octanol–water partition coefficient (Wildman–Crippen LogP) is 2.52. The largest absolute Gasteiger partial charge is 0.384 e. The Morgan fingerprint density at radius 2 is 1.94 bits per heavy atom. The van der Waals surface area contributed by atoms with Crippen LogP contribution in [0.4, 0.5) is 5.82 Å². The first kappa shape index (κ1) is 9.84. The van der Waals surface area contributed by atoms with Crippen LogP contribution in [0, 0.1) is 6.92 Å². The van der Waals surface area contributed by atoms with E-state index in [4.69, 9.17) is 5.73 Å². The number of nitrogens with zero attached hydrogens (tertiary/aromatic N) is 2. The Morgan fingerprint density at radius 3 is 2.71 bits per heavy atom. The van der Waals surface area contributed by atoms with Gasteiger partial charge in [-0.3, -0.25) is 0 Å². The lowest BCUT2D eigenvalue weighted by molar-refractivity contribution is 1.06. The van der Waals surface area contributed by atoms with Crippen LogP contribution in [-0.4, -0.2) is 15.0 Å². The van der Waals surface area contributed by atoms with E-state index in [0.29, 0.717) is 11.6 Å². The van der Waals surface area contributed by atoms with Crippen LogP contribution in [0.15, 0.2) is 36.4 Å². The summed E-state index contributed by atoms with van der Waals surface area (Å²) in [5.74, 6) is 1.17. The summed E-state index contributed by atoms with van der Waals surface area (Å²) in [7, 11) is 0. The first-order chi connectivity index (χ1) is 8.22. The highest BCUT2D eigenvalue weighted by Gasteiger charge is 2.06. The molecule has 3 rings (SSSR count). The minimum atomic E-state index is 0.492. The third kappa shape index (κ3) is 1.73. The monoisotopic (exact) mass is 224 g/mol. The zero-order chi connectivity index (χ0) is 11.8. The van der Waals surface area contributed by atoms with Crippen LogP contribution in [-0.2, 0) is 0 Å². The smallest absolute Gasteiger partial charge is 0.128 e. The first-order valence-electron chi connectivity index (χ1n) is 5.42. The maximum Gasteiger partial charge on any atom is 0.128 e. The number of aromatic amines is 1. The number of fused-ring (bicyclic) bond motifs is 1. The first-order valence-corrected chi connectivity index (χ1v) is 5.42. The average molecular weight is 224 g/mol. The van der Waals surface area contributed by atoms with Gasteiger partial charge in [-0.1, -0.05) is 18.2 Å². The van der Waals surface area contributed by atoms with E-state index in [1.165, 1.54) is 0 Å². The Morgan fingerprint density at radius 1 is 1.12 bits per heavy atom. The fourth-order valence-electron chi connectivity index (χ4n) is 1.94. The SMILES string of the molecule is Cc1nc(N)cc(-c2cc3ccccc3[nH]2)n1. The molecule has 0 bridgehead atoms. The Balaban J connectivity index is 2.20. The van der Waals surface area contributed by atoms with E-state index in [1.807, 2.05) is 25.1 Å². The summed E-state index contributed by atoms with van der Waals surface area (Å²) in [5, 5.41) is 1.16. The van der Waals surface area contributed by atoms with Gasteiger partial charge in [0.25, 0.3) is 0 Å². The molecule has 0 aliphatic heterocycles. The van der Waals surface area contributed by atoms with Crippen molar-refractivity contribution in [1.82, 2.24) is 15.0 Å². The van der Waals surface area contributed by atoms with Crippen molar-refractivity contribution in [3.05, 3.63) is 42.2 Å². The Kier molecular flexibility index (Phi) is 2.08. The normalized spacial score (nSPS) is 10.9. The predicted molar refractivity (Wildman–Crippen MR) is 68.5 cm³/mol. The van der Waals surface area contributed by atoms with Crippen LogP contribution in [0.3, 0.4) is 0 Å². The third-order valence-corrected chi connectivity index (χ3v) is 2.66. The molecule has 0 saturated heterocycles. The van der Waals surface area contributed by atoms with E-state index in [0.717, 1.165) is 22.3 Å². The van der Waals surface area contributed by atoms with Gasteiger partial charge in [0.1, 0.15) is 11.6 Å². The van der Waals surface area contributed by atoms with Crippen molar-refractivity contribution in [2.24, 2.45) is 0 Å². The summed E-state index contributed by atoms with van der Waals surface area (Å²) in [6.07, 6.45) is 0. The molecule has 2 heterocycles. The van der Waals surface area contributed by atoms with Crippen molar-refractivity contribution in [3.8, 4) is 11.4 Å². The number of hydrogen-bond donors (Lipinski definition) is 2. The van der Waals surface area contributed by atoms with E-state index in [2.05, 4.69) is 27.1 Å². The minimum absolute atomic E-state index is 0.492. The van der Waals surface area contributed by atoms with Crippen molar-refractivity contribution >= 4 is 16.7 Å². The molecule has 0 fully saturated rings. The van der Waals surface area contributed by atoms with Crippen molar-refractivity contribution in [2.45, 2.75) is 6.92 Å². The van der Waals surface area contributed by atoms with Gasteiger partial charge in [0.05, 0.1) is 11.4 Å². The zero-order valence-electron chi connectivity index (χ0n) is 9.44. The Bertz CT molecular complexity index is 631. The molecule has 0 spiro atoms. The number of nitrogens with one attached hydrogen (secondary N) is 1. The number of nitrogens with two attached hydrogens (primary N) is 1. The number of anilines is 1. The molecule has 0 radical (unpaired) electrons. The molecule has 0 aliphatic rings. The molecule has 3 N–H and O–H groups in total. The van der Waals surface area contributed by atoms with Gasteiger partial charge in [-0.15, -0.1) is 0 Å². The molecular weight excluding hydrogens is 212 g/mol. The molecule has 0 aliphatic carbocycles. The molecule has 1 aromatic carbocycles. The molecule has 2 aromatic heterocycles. The van der Waals surface area contributed by atoms with Crippen molar-refractivity contribution < 1.29 is 0 Å². The second kappa shape index (κ2) is 3.59. The number of aromatic nitrogens is 3. The number of H-pyrrole nitrogens is 1. The van der Waals surface area contributed by atoms with Gasteiger partial charge in [0.2, 0.25) is 0 Å². The number of para-hydroxylation sites is 1. The van der Waals surface area contributed by atoms with Gasteiger partial charge in [0.15, 0.2) is 0 Å². The van der Waals surface area contributed by atoms with E-state index >= 15 is 0 Å². The maximum absolute atomic E-state index is 5.73. The second-order valence-corrected chi connectivity index (χ2v) is 4.00. The summed E-state index contributed by atoms with van der Waals surface area (Å²) < 4.78 is 0. The lowest BCUT2D eigenvalue weighted by Gasteiger charge is -2.00. The summed E-state index contributed by atoms with van der Waals surface area (Å²) in [6.45, 7) is 1.84. The summed E-state index contributed by atoms with van der Waals surface area (Å²) in [5.41, 5.74) is 8.61. The fourth-order valence-corrected chi connectivity index (χ4v) is 1.94. The quantitative estimate of drug-likeness (QED) is 0.667. The van der Waals surface area contributed by atoms with E-state index in [1.54, 1.807) is 6.07 Å². The van der Waals surface area contributed by atoms with Crippen LogP contribution in [0.1, 0.15) is 5.82 Å². The summed E-state index contributed by atoms with van der Waals surface area (Å²) in [6, 6.07) is 12.0. The highest BCUT2D eigenvalue weighted by Crippen LogP contribution is 2.23. The van der Waals surface area contributed by atoms with Gasteiger partial charge in [-0.25, -0.2) is 9.97 Å². The lowest BCUT2D eigenvalue weighted by atomic mass is 10.2. The fraction of sp³-hybridized carbons (Fsp3) is 0.0769. The van der Waals surface area contributed by atoms with Gasteiger partial charge in [-0.2, -0.15) is 0 Å². The summed E-state index contributed by atoms with van der Waals surface area (Å²) >= 11 is 0. The third-order valence-electron chi connectivity index (χ3n) is 2.66. The molecular formula is C13H12N4. The number of benzene rings is 1. The standard InChI is InChI=1S/C13H12N4/c1-8-15-12(7-13(14)16-8)11-6-9-4-2-3-5-10(9)17-11/h2-7,17H,1H3,(H2,14,15,16). The number of hydrogen-bond acceptors (Lipinski definition) is 3. The topological polar surface area (TPSA) is 67.6 Å². The molecule has 0 unspecified atom stereocenters. The molecule has 3 aromatic rings. The van der Waals surface area contributed by atoms with E-state index in [-0.39, 0.29) is 0 Å². The molecule has 0 amide bonds. The molecule has 4 heteroatoms. The Hall–Kier alpha value is -2.36. The highest BCUT2D eigenvalue weighted by atomic mass is 14.9. The minimum Gasteiger partial charge on any atom is -0.384 e. The number of nitrogen functional groups attached to an aromatic ring is 1. The maximum atomic E-state index is 5.73. The van der Waals surface area contributed by atoms with Crippen molar-refractivity contribution in [1.29, 1.82) is 0 Å². The van der Waals surface area contributed by atoms with Gasteiger partial charge >= 0.3 is 0 Å².